The molecule has 1 N–H and O–H groups in total. The van der Waals surface area contributed by atoms with Gasteiger partial charge in [-0.1, -0.05) is 53.2 Å². The second kappa shape index (κ2) is 6.44. The largest absolute Gasteiger partial charge is 0.337 e. The van der Waals surface area contributed by atoms with Crippen LogP contribution in [0.25, 0.3) is 0 Å². The standard InChI is InChI=1S/C18H17N3O2/c1-12-7-6-10-15(11-12)17(22)20-16(14-8-4-3-5-9-14)18-19-13(2)21-23-18/h3-11,16H,1-2H3,(H,20,22)/t16-/m0/s1. The van der Waals surface area contributed by atoms with Gasteiger partial charge in [0.05, 0.1) is 0 Å². The predicted molar refractivity (Wildman–Crippen MR) is 86.0 cm³/mol. The molecule has 0 saturated heterocycles. The van der Waals surface area contributed by atoms with Crippen LogP contribution in [-0.2, 0) is 0 Å². The number of nitrogens with one attached hydrogen (secondary N) is 1. The second-order valence-electron chi connectivity index (χ2n) is 5.37. The lowest BCUT2D eigenvalue weighted by molar-refractivity contribution is 0.0936. The highest BCUT2D eigenvalue weighted by Gasteiger charge is 2.23. The fraction of sp³-hybridized carbons (Fsp3) is 0.167. The molecule has 5 heteroatoms. The van der Waals surface area contributed by atoms with E-state index >= 15 is 0 Å². The summed E-state index contributed by atoms with van der Waals surface area (Å²) >= 11 is 0. The molecule has 0 fully saturated rings. The smallest absolute Gasteiger partial charge is 0.253 e. The Balaban J connectivity index is 1.92. The van der Waals surface area contributed by atoms with Gasteiger partial charge >= 0.3 is 0 Å². The molecule has 0 unspecified atom stereocenters. The van der Waals surface area contributed by atoms with Gasteiger partial charge in [-0.2, -0.15) is 4.98 Å². The van der Waals surface area contributed by atoms with Crippen LogP contribution in [0.2, 0.25) is 0 Å². The van der Waals surface area contributed by atoms with Crippen LogP contribution in [0.1, 0.15) is 39.2 Å². The van der Waals surface area contributed by atoms with E-state index in [0.29, 0.717) is 17.3 Å². The number of aryl methyl sites for hydroxylation is 2. The Bertz CT molecular complexity index is 812. The fourth-order valence-corrected chi connectivity index (χ4v) is 2.36. The Kier molecular flexibility index (Phi) is 4.19. The molecule has 5 nitrogen and oxygen atoms in total. The molecule has 0 radical (unpaired) electrons. The Morgan fingerprint density at radius 3 is 2.52 bits per heavy atom. The molecular weight excluding hydrogens is 290 g/mol. The second-order valence-corrected chi connectivity index (χ2v) is 5.37. The van der Waals surface area contributed by atoms with Crippen molar-refractivity contribution >= 4 is 5.91 Å². The number of hydrogen-bond acceptors (Lipinski definition) is 4. The van der Waals surface area contributed by atoms with E-state index in [1.807, 2.05) is 55.5 Å². The number of rotatable bonds is 4. The van der Waals surface area contributed by atoms with Crippen LogP contribution >= 0.6 is 0 Å². The van der Waals surface area contributed by atoms with Gasteiger partial charge in [-0.05, 0) is 31.5 Å². The minimum Gasteiger partial charge on any atom is -0.337 e. The third-order valence-electron chi connectivity index (χ3n) is 3.48. The number of benzene rings is 2. The van der Waals surface area contributed by atoms with Crippen LogP contribution in [0.4, 0.5) is 0 Å². The molecule has 0 saturated carbocycles. The first-order chi connectivity index (χ1) is 11.1. The first-order valence-electron chi connectivity index (χ1n) is 7.36. The number of amides is 1. The van der Waals surface area contributed by atoms with Gasteiger partial charge in [0.25, 0.3) is 11.8 Å². The summed E-state index contributed by atoms with van der Waals surface area (Å²) in [6.45, 7) is 3.70. The molecule has 0 aliphatic heterocycles. The maximum atomic E-state index is 12.6. The Morgan fingerprint density at radius 2 is 1.87 bits per heavy atom. The van der Waals surface area contributed by atoms with Crippen LogP contribution in [0.5, 0.6) is 0 Å². The van der Waals surface area contributed by atoms with Crippen molar-refractivity contribution < 1.29 is 9.32 Å². The van der Waals surface area contributed by atoms with Gasteiger partial charge in [0.15, 0.2) is 5.82 Å². The SMILES string of the molecule is Cc1cccc(C(=O)N[C@@H](c2ccccc2)c2nc(C)no2)c1. The molecule has 1 aromatic heterocycles. The van der Waals surface area contributed by atoms with Gasteiger partial charge < -0.3 is 9.84 Å². The maximum absolute atomic E-state index is 12.6. The molecule has 3 aromatic rings. The monoisotopic (exact) mass is 307 g/mol. The van der Waals surface area contributed by atoms with E-state index in [2.05, 4.69) is 15.5 Å². The molecule has 0 aliphatic carbocycles. The van der Waals surface area contributed by atoms with Crippen molar-refractivity contribution in [2.75, 3.05) is 0 Å². The fourth-order valence-electron chi connectivity index (χ4n) is 2.36. The molecule has 3 rings (SSSR count). The van der Waals surface area contributed by atoms with Crippen molar-refractivity contribution in [3.63, 3.8) is 0 Å². The first kappa shape index (κ1) is 15.0. The molecule has 0 aliphatic rings. The summed E-state index contributed by atoms with van der Waals surface area (Å²) in [7, 11) is 0. The van der Waals surface area contributed by atoms with Crippen LogP contribution < -0.4 is 5.32 Å². The zero-order valence-electron chi connectivity index (χ0n) is 13.0. The third-order valence-corrected chi connectivity index (χ3v) is 3.48. The average molecular weight is 307 g/mol. The summed E-state index contributed by atoms with van der Waals surface area (Å²) in [4.78, 5) is 16.8. The van der Waals surface area contributed by atoms with Crippen molar-refractivity contribution in [1.82, 2.24) is 15.5 Å². The van der Waals surface area contributed by atoms with Crippen LogP contribution in [0, 0.1) is 13.8 Å². The van der Waals surface area contributed by atoms with E-state index in [4.69, 9.17) is 4.52 Å². The molecule has 0 spiro atoms. The Morgan fingerprint density at radius 1 is 1.09 bits per heavy atom. The van der Waals surface area contributed by atoms with Crippen LogP contribution in [0.3, 0.4) is 0 Å². The molecule has 23 heavy (non-hydrogen) atoms. The van der Waals surface area contributed by atoms with Gasteiger partial charge in [-0.3, -0.25) is 4.79 Å². The number of nitrogens with zero attached hydrogens (tertiary/aromatic N) is 2. The lowest BCUT2D eigenvalue weighted by Crippen LogP contribution is -2.29. The van der Waals surface area contributed by atoms with Crippen molar-refractivity contribution in [2.45, 2.75) is 19.9 Å². The first-order valence-corrected chi connectivity index (χ1v) is 7.36. The summed E-state index contributed by atoms with van der Waals surface area (Å²) < 4.78 is 5.27. The van der Waals surface area contributed by atoms with Gasteiger partial charge in [0.1, 0.15) is 6.04 Å². The highest BCUT2D eigenvalue weighted by atomic mass is 16.5. The van der Waals surface area contributed by atoms with Gasteiger partial charge in [-0.15, -0.1) is 0 Å². The summed E-state index contributed by atoms with van der Waals surface area (Å²) in [5.74, 6) is 0.721. The Hall–Kier alpha value is -2.95. The topological polar surface area (TPSA) is 68.0 Å². The molecule has 116 valence electrons. The van der Waals surface area contributed by atoms with Gasteiger partial charge in [0, 0.05) is 5.56 Å². The molecule has 1 amide bonds. The van der Waals surface area contributed by atoms with Crippen molar-refractivity contribution in [2.24, 2.45) is 0 Å². The van der Waals surface area contributed by atoms with Crippen molar-refractivity contribution in [3.05, 3.63) is 83.0 Å². The highest BCUT2D eigenvalue weighted by Crippen LogP contribution is 2.21. The van der Waals surface area contributed by atoms with E-state index in [-0.39, 0.29) is 5.91 Å². The maximum Gasteiger partial charge on any atom is 0.253 e. The zero-order chi connectivity index (χ0) is 16.2. The van der Waals surface area contributed by atoms with Gasteiger partial charge in [-0.25, -0.2) is 0 Å². The van der Waals surface area contributed by atoms with Crippen LogP contribution in [-0.4, -0.2) is 16.0 Å². The molecule has 1 atom stereocenters. The predicted octanol–water partition coefficient (Wildman–Crippen LogP) is 3.21. The quantitative estimate of drug-likeness (QED) is 0.803. The number of carbonyl (C=O) groups excluding carboxylic acids is 1. The van der Waals surface area contributed by atoms with E-state index < -0.39 is 6.04 Å². The third kappa shape index (κ3) is 3.45. The normalized spacial score (nSPS) is 11.9. The minimum absolute atomic E-state index is 0.182. The van der Waals surface area contributed by atoms with Crippen LogP contribution in [0.15, 0.2) is 59.1 Å². The summed E-state index contributed by atoms with van der Waals surface area (Å²) in [6.07, 6.45) is 0. The molecular formula is C18H17N3O2. The lowest BCUT2D eigenvalue weighted by atomic mass is 10.1. The summed E-state index contributed by atoms with van der Waals surface area (Å²) in [5.41, 5.74) is 2.52. The lowest BCUT2D eigenvalue weighted by Gasteiger charge is -2.15. The van der Waals surface area contributed by atoms with Crippen molar-refractivity contribution in [1.29, 1.82) is 0 Å². The minimum atomic E-state index is -0.481. The molecule has 0 bridgehead atoms. The number of carbonyl (C=O) groups is 1. The van der Waals surface area contributed by atoms with E-state index in [1.165, 1.54) is 0 Å². The van der Waals surface area contributed by atoms with Crippen molar-refractivity contribution in [3.8, 4) is 0 Å². The number of aromatic nitrogens is 2. The highest BCUT2D eigenvalue weighted by molar-refractivity contribution is 5.94. The Labute approximate surface area is 134 Å². The zero-order valence-corrected chi connectivity index (χ0v) is 13.0. The molecule has 2 aromatic carbocycles. The summed E-state index contributed by atoms with van der Waals surface area (Å²) in [5, 5.41) is 6.79. The number of hydrogen-bond donors (Lipinski definition) is 1. The van der Waals surface area contributed by atoms with E-state index in [9.17, 15) is 4.79 Å². The molecule has 1 heterocycles. The van der Waals surface area contributed by atoms with E-state index in [0.717, 1.165) is 11.1 Å². The average Bonchev–Trinajstić information content (AvgIpc) is 2.99. The summed E-state index contributed by atoms with van der Waals surface area (Å²) in [6, 6.07) is 16.5. The van der Waals surface area contributed by atoms with Gasteiger partial charge in [0.2, 0.25) is 0 Å². The van der Waals surface area contributed by atoms with E-state index in [1.54, 1.807) is 13.0 Å².